The molecule has 0 aliphatic carbocycles. The second-order valence-electron chi connectivity index (χ2n) is 4.69. The van der Waals surface area contributed by atoms with Crippen LogP contribution in [-0.4, -0.2) is 11.4 Å². The lowest BCUT2D eigenvalue weighted by Crippen LogP contribution is -1.81. The van der Waals surface area contributed by atoms with E-state index in [-0.39, 0.29) is 0 Å². The Labute approximate surface area is 105 Å². The van der Waals surface area contributed by atoms with Gasteiger partial charge in [-0.3, -0.25) is 0 Å². The standard InChI is InChI=1S/C15H25NO/c1-13(2)7-5-8-14(3)9-6-10-15(4)11-12-16-17/h7,9,11-12,17H,5-6,8,10H2,1-4H3/b14-9+,15-11+,16-12+. The zero-order chi connectivity index (χ0) is 13.1. The summed E-state index contributed by atoms with van der Waals surface area (Å²) in [6.07, 6.45) is 12.2. The summed E-state index contributed by atoms with van der Waals surface area (Å²) in [5.41, 5.74) is 4.07. The van der Waals surface area contributed by atoms with E-state index < -0.39 is 0 Å². The van der Waals surface area contributed by atoms with Gasteiger partial charge in [0, 0.05) is 0 Å². The molecular formula is C15H25NO. The summed E-state index contributed by atoms with van der Waals surface area (Å²) in [6.45, 7) is 8.51. The van der Waals surface area contributed by atoms with Crippen molar-refractivity contribution in [2.24, 2.45) is 5.16 Å². The second-order valence-corrected chi connectivity index (χ2v) is 4.69. The molecule has 0 bridgehead atoms. The van der Waals surface area contributed by atoms with Gasteiger partial charge in [0.15, 0.2) is 0 Å². The summed E-state index contributed by atoms with van der Waals surface area (Å²) in [4.78, 5) is 0. The van der Waals surface area contributed by atoms with Crippen molar-refractivity contribution in [2.75, 3.05) is 0 Å². The highest BCUT2D eigenvalue weighted by atomic mass is 16.4. The molecule has 0 fully saturated rings. The number of hydrogen-bond acceptors (Lipinski definition) is 2. The number of hydrogen-bond donors (Lipinski definition) is 1. The third-order valence-electron chi connectivity index (χ3n) is 2.55. The van der Waals surface area contributed by atoms with E-state index in [0.29, 0.717) is 0 Å². The van der Waals surface area contributed by atoms with Gasteiger partial charge in [-0.25, -0.2) is 0 Å². The Morgan fingerprint density at radius 2 is 1.53 bits per heavy atom. The Balaban J connectivity index is 3.88. The fourth-order valence-corrected chi connectivity index (χ4v) is 1.48. The lowest BCUT2D eigenvalue weighted by atomic mass is 10.1. The van der Waals surface area contributed by atoms with Gasteiger partial charge < -0.3 is 5.21 Å². The first-order chi connectivity index (χ1) is 8.06. The first-order valence-corrected chi connectivity index (χ1v) is 6.18. The van der Waals surface area contributed by atoms with Crippen molar-refractivity contribution < 1.29 is 5.21 Å². The Bertz CT molecular complexity index is 318. The van der Waals surface area contributed by atoms with Crippen LogP contribution in [0, 0.1) is 0 Å². The molecule has 0 saturated carbocycles. The summed E-state index contributed by atoms with van der Waals surface area (Å²) in [5.74, 6) is 0. The molecule has 0 amide bonds. The van der Waals surface area contributed by atoms with Gasteiger partial charge in [0.1, 0.15) is 0 Å². The summed E-state index contributed by atoms with van der Waals surface area (Å²) in [7, 11) is 0. The van der Waals surface area contributed by atoms with Crippen LogP contribution in [0.3, 0.4) is 0 Å². The molecule has 17 heavy (non-hydrogen) atoms. The minimum absolute atomic E-state index is 1.02. The normalized spacial score (nSPS) is 13.2. The van der Waals surface area contributed by atoms with Crippen LogP contribution in [0.15, 0.2) is 40.1 Å². The second kappa shape index (κ2) is 9.88. The maximum Gasteiger partial charge on any atom is 0.0660 e. The van der Waals surface area contributed by atoms with E-state index in [1.807, 2.05) is 13.0 Å². The van der Waals surface area contributed by atoms with Crippen LogP contribution in [0.4, 0.5) is 0 Å². The molecule has 96 valence electrons. The van der Waals surface area contributed by atoms with Gasteiger partial charge in [-0.1, -0.05) is 34.0 Å². The first kappa shape index (κ1) is 15.7. The van der Waals surface area contributed by atoms with Crippen molar-refractivity contribution in [1.29, 1.82) is 0 Å². The number of nitrogens with zero attached hydrogens (tertiary/aromatic N) is 1. The zero-order valence-corrected chi connectivity index (χ0v) is 11.5. The molecule has 0 saturated heterocycles. The minimum atomic E-state index is 1.02. The fraction of sp³-hybridized carbons (Fsp3) is 0.533. The minimum Gasteiger partial charge on any atom is -0.411 e. The van der Waals surface area contributed by atoms with E-state index >= 15 is 0 Å². The maximum absolute atomic E-state index is 8.28. The molecule has 0 aromatic rings. The molecule has 0 spiro atoms. The van der Waals surface area contributed by atoms with Gasteiger partial charge in [0.05, 0.1) is 6.21 Å². The van der Waals surface area contributed by atoms with E-state index in [1.165, 1.54) is 22.9 Å². The van der Waals surface area contributed by atoms with Crippen LogP contribution in [0.5, 0.6) is 0 Å². The molecule has 2 heteroatoms. The van der Waals surface area contributed by atoms with Crippen LogP contribution < -0.4 is 0 Å². The summed E-state index contributed by atoms with van der Waals surface area (Å²) in [6, 6.07) is 0. The number of oxime groups is 1. The lowest BCUT2D eigenvalue weighted by molar-refractivity contribution is 0.322. The average molecular weight is 235 g/mol. The van der Waals surface area contributed by atoms with Gasteiger partial charge in [-0.05, 0) is 59.5 Å². The van der Waals surface area contributed by atoms with Gasteiger partial charge in [-0.15, -0.1) is 0 Å². The van der Waals surface area contributed by atoms with Gasteiger partial charge in [0.25, 0.3) is 0 Å². The van der Waals surface area contributed by atoms with Crippen LogP contribution in [-0.2, 0) is 0 Å². The predicted octanol–water partition coefficient (Wildman–Crippen LogP) is 4.87. The fourth-order valence-electron chi connectivity index (χ4n) is 1.48. The van der Waals surface area contributed by atoms with Gasteiger partial charge in [-0.2, -0.15) is 0 Å². The summed E-state index contributed by atoms with van der Waals surface area (Å²) >= 11 is 0. The van der Waals surface area contributed by atoms with Crippen molar-refractivity contribution in [3.05, 3.63) is 34.9 Å². The highest BCUT2D eigenvalue weighted by Crippen LogP contribution is 2.10. The number of rotatable bonds is 7. The SMILES string of the molecule is CC(C)=CCC/C(C)=C/CC/C(C)=C/C=N/O. The van der Waals surface area contributed by atoms with E-state index in [0.717, 1.165) is 25.7 Å². The quantitative estimate of drug-likeness (QED) is 0.290. The van der Waals surface area contributed by atoms with Crippen LogP contribution in [0.2, 0.25) is 0 Å². The van der Waals surface area contributed by atoms with E-state index in [2.05, 4.69) is 38.1 Å². The molecule has 0 heterocycles. The Hall–Kier alpha value is -1.31. The maximum atomic E-state index is 8.28. The van der Waals surface area contributed by atoms with Crippen molar-refractivity contribution in [3.63, 3.8) is 0 Å². The third kappa shape index (κ3) is 11.0. The van der Waals surface area contributed by atoms with Crippen LogP contribution in [0.1, 0.15) is 53.4 Å². The van der Waals surface area contributed by atoms with Crippen molar-refractivity contribution in [1.82, 2.24) is 0 Å². The van der Waals surface area contributed by atoms with Gasteiger partial charge >= 0.3 is 0 Å². The highest BCUT2D eigenvalue weighted by Gasteiger charge is 1.91. The predicted molar refractivity (Wildman–Crippen MR) is 75.7 cm³/mol. The molecule has 0 aliphatic heterocycles. The highest BCUT2D eigenvalue weighted by molar-refractivity contribution is 5.71. The van der Waals surface area contributed by atoms with E-state index in [1.54, 1.807) is 0 Å². The van der Waals surface area contributed by atoms with Crippen molar-refractivity contribution >= 4 is 6.21 Å². The van der Waals surface area contributed by atoms with Crippen molar-refractivity contribution in [3.8, 4) is 0 Å². The molecule has 0 rings (SSSR count). The topological polar surface area (TPSA) is 32.6 Å². The Morgan fingerprint density at radius 3 is 2.12 bits per heavy atom. The third-order valence-corrected chi connectivity index (χ3v) is 2.55. The molecular weight excluding hydrogens is 210 g/mol. The molecule has 0 unspecified atom stereocenters. The zero-order valence-electron chi connectivity index (χ0n) is 11.5. The summed E-state index contributed by atoms with van der Waals surface area (Å²) < 4.78 is 0. The van der Waals surface area contributed by atoms with Crippen molar-refractivity contribution in [2.45, 2.75) is 53.4 Å². The van der Waals surface area contributed by atoms with Crippen LogP contribution in [0.25, 0.3) is 0 Å². The summed E-state index contributed by atoms with van der Waals surface area (Å²) in [5, 5.41) is 11.2. The average Bonchev–Trinajstić information content (AvgIpc) is 2.25. The smallest absolute Gasteiger partial charge is 0.0660 e. The molecule has 1 N–H and O–H groups in total. The lowest BCUT2D eigenvalue weighted by Gasteiger charge is -2.00. The molecule has 0 aliphatic rings. The molecule has 2 nitrogen and oxygen atoms in total. The monoisotopic (exact) mass is 235 g/mol. The number of allylic oxidation sites excluding steroid dienone is 6. The Morgan fingerprint density at radius 1 is 0.941 bits per heavy atom. The van der Waals surface area contributed by atoms with E-state index in [9.17, 15) is 0 Å². The molecule has 0 aromatic carbocycles. The Kier molecular flexibility index (Phi) is 9.12. The van der Waals surface area contributed by atoms with E-state index in [4.69, 9.17) is 5.21 Å². The first-order valence-electron chi connectivity index (χ1n) is 6.18. The van der Waals surface area contributed by atoms with Gasteiger partial charge in [0.2, 0.25) is 0 Å². The van der Waals surface area contributed by atoms with Crippen LogP contribution >= 0.6 is 0 Å². The molecule has 0 radical (unpaired) electrons. The molecule has 0 aromatic heterocycles. The largest absolute Gasteiger partial charge is 0.411 e. The molecule has 0 atom stereocenters.